The van der Waals surface area contributed by atoms with E-state index in [1.807, 2.05) is 69.3 Å². The van der Waals surface area contributed by atoms with Crippen LogP contribution >= 0.6 is 0 Å². The summed E-state index contributed by atoms with van der Waals surface area (Å²) in [5, 5.41) is 0. The molecule has 1 nitrogen and oxygen atoms in total. The topological polar surface area (TPSA) is 3.24 Å². The van der Waals surface area contributed by atoms with E-state index in [4.69, 9.17) is 0 Å². The number of nitrogens with zero attached hydrogens (tertiary/aromatic N) is 1. The molecule has 1 aromatic heterocycles. The zero-order chi connectivity index (χ0) is 10.9. The van der Waals surface area contributed by atoms with E-state index in [9.17, 15) is 0 Å². The zero-order valence-electron chi connectivity index (χ0n) is 9.30. The molecule has 0 amide bonds. The molecule has 0 aliphatic heterocycles. The van der Waals surface area contributed by atoms with E-state index >= 15 is 0 Å². The molecule has 0 saturated carbocycles. The molecule has 0 bridgehead atoms. The molecular formula is C13H16BN. The molecule has 2 heteroatoms. The summed E-state index contributed by atoms with van der Waals surface area (Å²) in [7, 11) is 4.07. The van der Waals surface area contributed by atoms with Crippen LogP contribution in [0, 0.1) is 0 Å². The predicted octanol–water partition coefficient (Wildman–Crippen LogP) is 2.78. The molecule has 0 aliphatic carbocycles. The van der Waals surface area contributed by atoms with Crippen LogP contribution in [0.1, 0.15) is 0 Å². The summed E-state index contributed by atoms with van der Waals surface area (Å²) in [5.41, 5.74) is 1.25. The van der Waals surface area contributed by atoms with Gasteiger partial charge in [-0.15, -0.1) is 0 Å². The van der Waals surface area contributed by atoms with Crippen LogP contribution in [0.5, 0.6) is 0 Å². The van der Waals surface area contributed by atoms with Gasteiger partial charge >= 0.3 is 37.0 Å². The first kappa shape index (κ1) is 11.5. The number of benzene rings is 1. The summed E-state index contributed by atoms with van der Waals surface area (Å²) in [6.07, 6.45) is 0. The Morgan fingerprint density at radius 1 is 0.800 bits per heavy atom. The van der Waals surface area contributed by atoms with E-state index in [-0.39, 0.29) is 0 Å². The Bertz CT molecular complexity index is 319. The summed E-state index contributed by atoms with van der Waals surface area (Å²) >= 11 is 0. The Balaban J connectivity index is 0.000000162. The number of anilines is 1. The van der Waals surface area contributed by atoms with E-state index in [0.717, 1.165) is 0 Å². The van der Waals surface area contributed by atoms with Crippen LogP contribution in [-0.2, 0) is 0 Å². The summed E-state index contributed by atoms with van der Waals surface area (Å²) in [5.74, 6) is 4.00. The third-order valence-electron chi connectivity index (χ3n) is 1.94. The van der Waals surface area contributed by atoms with Crippen LogP contribution in [0.3, 0.4) is 0 Å². The Hall–Kier alpha value is -1.57. The van der Waals surface area contributed by atoms with Crippen molar-refractivity contribution in [3.8, 4) is 0 Å². The summed E-state index contributed by atoms with van der Waals surface area (Å²) in [6, 6.07) is 16.3. The van der Waals surface area contributed by atoms with Gasteiger partial charge in [-0.3, -0.25) is 0 Å². The molecule has 0 aliphatic rings. The number of hydrogen-bond donors (Lipinski definition) is 0. The van der Waals surface area contributed by atoms with Crippen molar-refractivity contribution in [1.82, 2.24) is 0 Å². The summed E-state index contributed by atoms with van der Waals surface area (Å²) in [4.78, 5) is 2.08. The number of rotatable bonds is 1. The van der Waals surface area contributed by atoms with Gasteiger partial charge in [0, 0.05) is 19.8 Å². The second kappa shape index (κ2) is 6.82. The standard InChI is InChI=1S/C8H11N.C5H5B/c1-9(2)8-6-4-3-5-7-8;1-2-4-6-5-3-1/h3-7H,1-2H3;1-5H. The van der Waals surface area contributed by atoms with Gasteiger partial charge in [-0.05, 0) is 12.1 Å². The van der Waals surface area contributed by atoms with Gasteiger partial charge in [-0.2, -0.15) is 0 Å². The molecule has 1 aromatic carbocycles. The van der Waals surface area contributed by atoms with E-state index in [1.54, 1.807) is 0 Å². The molecule has 2 aromatic rings. The van der Waals surface area contributed by atoms with Crippen LogP contribution in [0.4, 0.5) is 5.69 Å². The van der Waals surface area contributed by atoms with Crippen LogP contribution in [0.2, 0.25) is 0 Å². The molecule has 0 unspecified atom stereocenters. The van der Waals surface area contributed by atoms with Crippen molar-refractivity contribution in [1.29, 1.82) is 0 Å². The van der Waals surface area contributed by atoms with E-state index < -0.39 is 0 Å². The van der Waals surface area contributed by atoms with Crippen molar-refractivity contribution in [2.75, 3.05) is 19.0 Å². The molecular weight excluding hydrogens is 181 g/mol. The molecule has 1 heterocycles. The minimum absolute atomic E-state index is 1.25. The van der Waals surface area contributed by atoms with Crippen LogP contribution in [0.15, 0.2) is 60.5 Å². The van der Waals surface area contributed by atoms with Gasteiger partial charge in [0.05, 0.1) is 0 Å². The number of para-hydroxylation sites is 1. The minimum atomic E-state index is 1.25. The molecule has 0 radical (unpaired) electrons. The van der Waals surface area contributed by atoms with Gasteiger partial charge in [0.1, 0.15) is 0 Å². The molecule has 15 heavy (non-hydrogen) atoms. The zero-order valence-corrected chi connectivity index (χ0v) is 9.30. The van der Waals surface area contributed by atoms with Crippen molar-refractivity contribution in [2.24, 2.45) is 0 Å². The number of hydrogen-bond acceptors (Lipinski definition) is 1. The fourth-order valence-electron chi connectivity index (χ4n) is 1.11. The predicted molar refractivity (Wildman–Crippen MR) is 68.6 cm³/mol. The molecule has 76 valence electrons. The van der Waals surface area contributed by atoms with Crippen molar-refractivity contribution in [2.45, 2.75) is 0 Å². The van der Waals surface area contributed by atoms with E-state index in [2.05, 4.69) is 17.0 Å². The quantitative estimate of drug-likeness (QED) is 0.679. The first-order chi connectivity index (χ1) is 7.30. The maximum atomic E-state index is 2.08. The molecule has 2 rings (SSSR count). The third-order valence-corrected chi connectivity index (χ3v) is 1.94. The van der Waals surface area contributed by atoms with Crippen LogP contribution in [-0.4, -0.2) is 21.0 Å². The first-order valence-corrected chi connectivity index (χ1v) is 5.03. The fraction of sp³-hybridized carbons (Fsp3) is 0.154. The van der Waals surface area contributed by atoms with Crippen LogP contribution in [0.25, 0.3) is 0 Å². The van der Waals surface area contributed by atoms with Crippen molar-refractivity contribution < 1.29 is 0 Å². The summed E-state index contributed by atoms with van der Waals surface area (Å²) in [6.45, 7) is 2.00. The Morgan fingerprint density at radius 3 is 1.60 bits per heavy atom. The Morgan fingerprint density at radius 2 is 1.33 bits per heavy atom. The molecule has 0 N–H and O–H groups in total. The third kappa shape index (κ3) is 5.01. The second-order valence-electron chi connectivity index (χ2n) is 3.38. The summed E-state index contributed by atoms with van der Waals surface area (Å²) < 4.78 is 0. The van der Waals surface area contributed by atoms with Crippen molar-refractivity contribution >= 4 is 12.6 Å². The van der Waals surface area contributed by atoms with Gasteiger partial charge in [0.15, 0.2) is 0 Å². The Labute approximate surface area is 92.6 Å². The van der Waals surface area contributed by atoms with Gasteiger partial charge in [-0.25, -0.2) is 0 Å². The maximum absolute atomic E-state index is 2.08. The first-order valence-electron chi connectivity index (χ1n) is 5.03. The Kier molecular flexibility index (Phi) is 5.24. The molecule has 0 atom stereocenters. The molecule has 0 spiro atoms. The normalized spacial score (nSPS) is 8.40. The molecule has 0 saturated heterocycles. The van der Waals surface area contributed by atoms with Gasteiger partial charge in [-0.1, -0.05) is 18.2 Å². The monoisotopic (exact) mass is 197 g/mol. The average molecular weight is 197 g/mol. The van der Waals surface area contributed by atoms with E-state index in [1.165, 1.54) is 5.69 Å². The van der Waals surface area contributed by atoms with Gasteiger partial charge < -0.3 is 4.90 Å². The fourth-order valence-corrected chi connectivity index (χ4v) is 1.11. The van der Waals surface area contributed by atoms with Gasteiger partial charge in [0.25, 0.3) is 0 Å². The second-order valence-corrected chi connectivity index (χ2v) is 3.38. The van der Waals surface area contributed by atoms with Crippen LogP contribution < -0.4 is 4.90 Å². The molecule has 0 fully saturated rings. The van der Waals surface area contributed by atoms with E-state index in [0.29, 0.717) is 0 Å². The SMILES string of the molecule is CN(C)c1ccccc1.b1ccccc1. The average Bonchev–Trinajstić information content (AvgIpc) is 2.33. The van der Waals surface area contributed by atoms with Crippen molar-refractivity contribution in [3.05, 3.63) is 60.5 Å². The van der Waals surface area contributed by atoms with Crippen molar-refractivity contribution in [3.63, 3.8) is 0 Å². The van der Waals surface area contributed by atoms with Gasteiger partial charge in [0.2, 0.25) is 0 Å².